The van der Waals surface area contributed by atoms with E-state index < -0.39 is 0 Å². The first-order valence-electron chi connectivity index (χ1n) is 4.53. The van der Waals surface area contributed by atoms with Gasteiger partial charge in [0, 0.05) is 30.7 Å². The molecule has 2 aromatic heterocycles. The molecule has 0 spiro atoms. The van der Waals surface area contributed by atoms with Crippen LogP contribution in [-0.2, 0) is 6.54 Å². The van der Waals surface area contributed by atoms with Crippen molar-refractivity contribution in [3.8, 4) is 5.82 Å². The second-order valence-corrected chi connectivity index (χ2v) is 3.53. The summed E-state index contributed by atoms with van der Waals surface area (Å²) in [7, 11) is 0. The van der Waals surface area contributed by atoms with Crippen molar-refractivity contribution >= 4 is 12.2 Å². The fraction of sp³-hybridized carbons (Fsp3) is 0.333. The van der Waals surface area contributed by atoms with Crippen molar-refractivity contribution in [2.24, 2.45) is 0 Å². The van der Waals surface area contributed by atoms with Crippen LogP contribution in [0, 0.1) is 11.7 Å². The van der Waals surface area contributed by atoms with Crippen LogP contribution in [-0.4, -0.2) is 19.3 Å². The molecule has 0 unspecified atom stereocenters. The van der Waals surface area contributed by atoms with Crippen molar-refractivity contribution in [1.82, 2.24) is 19.3 Å². The molecule has 5 heteroatoms. The van der Waals surface area contributed by atoms with Gasteiger partial charge in [0.2, 0.25) is 0 Å². The summed E-state index contributed by atoms with van der Waals surface area (Å²) >= 11 is 5.16. The van der Waals surface area contributed by atoms with Gasteiger partial charge in [0.1, 0.15) is 0 Å². The van der Waals surface area contributed by atoms with Gasteiger partial charge in [-0.2, -0.15) is 5.10 Å². The number of nitrogens with one attached hydrogen (secondary N) is 1. The van der Waals surface area contributed by atoms with E-state index in [1.54, 1.807) is 0 Å². The average Bonchev–Trinajstić information content (AvgIpc) is 2.71. The molecule has 0 saturated heterocycles. The Kier molecular flexibility index (Phi) is 2.25. The highest BCUT2D eigenvalue weighted by atomic mass is 32.1. The first-order chi connectivity index (χ1) is 6.70. The van der Waals surface area contributed by atoms with Crippen LogP contribution in [0.4, 0.5) is 0 Å². The Hall–Kier alpha value is -1.36. The summed E-state index contributed by atoms with van der Waals surface area (Å²) in [5.74, 6) is 0.862. The Balaban J connectivity index is 2.49. The Morgan fingerprint density at radius 3 is 2.86 bits per heavy atom. The number of nitrogens with zero attached hydrogens (tertiary/aromatic N) is 3. The van der Waals surface area contributed by atoms with E-state index in [-0.39, 0.29) is 0 Å². The van der Waals surface area contributed by atoms with Crippen LogP contribution in [0.5, 0.6) is 0 Å². The zero-order valence-corrected chi connectivity index (χ0v) is 9.01. The van der Waals surface area contributed by atoms with Crippen molar-refractivity contribution in [3.05, 3.63) is 28.9 Å². The highest BCUT2D eigenvalue weighted by molar-refractivity contribution is 7.71. The van der Waals surface area contributed by atoms with Gasteiger partial charge in [-0.25, -0.2) is 0 Å². The van der Waals surface area contributed by atoms with Crippen molar-refractivity contribution in [2.75, 3.05) is 0 Å². The third-order valence-electron chi connectivity index (χ3n) is 2.04. The van der Waals surface area contributed by atoms with Crippen LogP contribution >= 0.6 is 12.2 Å². The Morgan fingerprint density at radius 1 is 1.57 bits per heavy atom. The molecule has 14 heavy (non-hydrogen) atoms. The van der Waals surface area contributed by atoms with Crippen molar-refractivity contribution in [1.29, 1.82) is 0 Å². The van der Waals surface area contributed by atoms with Crippen molar-refractivity contribution in [3.63, 3.8) is 0 Å². The summed E-state index contributed by atoms with van der Waals surface area (Å²) in [6.07, 6.45) is 3.89. The third kappa shape index (κ3) is 1.50. The smallest absolute Gasteiger partial charge is 0.183 e. The number of H-pyrrole nitrogens is 1. The molecular formula is C9H12N4S. The fourth-order valence-corrected chi connectivity index (χ4v) is 1.65. The molecule has 2 heterocycles. The average molecular weight is 208 g/mol. The van der Waals surface area contributed by atoms with E-state index in [1.165, 1.54) is 0 Å². The van der Waals surface area contributed by atoms with E-state index in [0.29, 0.717) is 4.77 Å². The molecule has 2 rings (SSSR count). The van der Waals surface area contributed by atoms with Crippen molar-refractivity contribution in [2.45, 2.75) is 20.4 Å². The van der Waals surface area contributed by atoms with E-state index in [2.05, 4.69) is 17.0 Å². The molecule has 0 atom stereocenters. The largest absolute Gasteiger partial charge is 0.334 e. The van der Waals surface area contributed by atoms with Gasteiger partial charge in [0.05, 0.1) is 0 Å². The Morgan fingerprint density at radius 2 is 2.36 bits per heavy atom. The summed E-state index contributed by atoms with van der Waals surface area (Å²) in [5, 5.41) is 4.37. The fourth-order valence-electron chi connectivity index (χ4n) is 1.34. The molecule has 74 valence electrons. The standard InChI is InChI=1S/C9H12N4S/c1-3-12-5-4-8(11-12)13-6-7(2)10-9(13)14/h4-6H,3H2,1-2H3,(H,10,14). The molecule has 0 aliphatic heterocycles. The van der Waals surface area contributed by atoms with E-state index in [0.717, 1.165) is 18.1 Å². The molecule has 0 saturated carbocycles. The molecule has 4 nitrogen and oxygen atoms in total. The van der Waals surface area contributed by atoms with Crippen LogP contribution in [0.25, 0.3) is 5.82 Å². The normalized spacial score (nSPS) is 10.7. The topological polar surface area (TPSA) is 38.5 Å². The zero-order chi connectivity index (χ0) is 10.1. The van der Waals surface area contributed by atoms with Gasteiger partial charge in [-0.15, -0.1) is 0 Å². The SMILES string of the molecule is CCn1ccc(-n2cc(C)[nH]c2=S)n1. The molecule has 0 bridgehead atoms. The van der Waals surface area contributed by atoms with Crippen LogP contribution in [0.3, 0.4) is 0 Å². The summed E-state index contributed by atoms with van der Waals surface area (Å²) < 4.78 is 4.43. The molecule has 0 radical (unpaired) electrons. The Bertz CT molecular complexity index is 491. The maximum absolute atomic E-state index is 5.16. The molecule has 2 aromatic rings. The van der Waals surface area contributed by atoms with Gasteiger partial charge >= 0.3 is 0 Å². The lowest BCUT2D eigenvalue weighted by Crippen LogP contribution is -1.98. The third-order valence-corrected chi connectivity index (χ3v) is 2.34. The molecule has 0 aliphatic rings. The van der Waals surface area contributed by atoms with E-state index in [4.69, 9.17) is 12.2 Å². The number of aryl methyl sites for hydroxylation is 2. The van der Waals surface area contributed by atoms with Gasteiger partial charge in [-0.3, -0.25) is 9.25 Å². The lowest BCUT2D eigenvalue weighted by Gasteiger charge is -1.95. The predicted octanol–water partition coefficient (Wildman–Crippen LogP) is 2.06. The monoisotopic (exact) mass is 208 g/mol. The lowest BCUT2D eigenvalue weighted by molar-refractivity contribution is 0.652. The lowest BCUT2D eigenvalue weighted by atomic mass is 10.5. The second kappa shape index (κ2) is 3.42. The summed E-state index contributed by atoms with van der Waals surface area (Å²) in [5.41, 5.74) is 1.04. The van der Waals surface area contributed by atoms with Crippen LogP contribution in [0.15, 0.2) is 18.5 Å². The van der Waals surface area contributed by atoms with Gasteiger partial charge in [0.15, 0.2) is 10.6 Å². The number of hydrogen-bond donors (Lipinski definition) is 1. The number of imidazole rings is 1. The van der Waals surface area contributed by atoms with Crippen LogP contribution in [0.2, 0.25) is 0 Å². The van der Waals surface area contributed by atoms with Gasteiger partial charge < -0.3 is 4.98 Å². The Labute approximate surface area is 87.2 Å². The number of rotatable bonds is 2. The van der Waals surface area contributed by atoms with E-state index >= 15 is 0 Å². The maximum atomic E-state index is 5.16. The first kappa shape index (κ1) is 9.21. The van der Waals surface area contributed by atoms with Crippen molar-refractivity contribution < 1.29 is 0 Å². The second-order valence-electron chi connectivity index (χ2n) is 3.14. The summed E-state index contributed by atoms with van der Waals surface area (Å²) in [6.45, 7) is 4.90. The number of aromatic amines is 1. The maximum Gasteiger partial charge on any atom is 0.183 e. The molecule has 0 aliphatic carbocycles. The minimum atomic E-state index is 0.684. The molecule has 0 aromatic carbocycles. The van der Waals surface area contributed by atoms with Gasteiger partial charge in [-0.05, 0) is 26.1 Å². The molecule has 1 N–H and O–H groups in total. The van der Waals surface area contributed by atoms with E-state index in [9.17, 15) is 0 Å². The number of aromatic nitrogens is 4. The first-order valence-corrected chi connectivity index (χ1v) is 4.93. The van der Waals surface area contributed by atoms with Gasteiger partial charge in [-0.1, -0.05) is 0 Å². The highest BCUT2D eigenvalue weighted by Gasteiger charge is 2.02. The van der Waals surface area contributed by atoms with E-state index in [1.807, 2.05) is 34.6 Å². The van der Waals surface area contributed by atoms with Crippen LogP contribution < -0.4 is 0 Å². The molecule has 0 fully saturated rings. The quantitative estimate of drug-likeness (QED) is 0.767. The van der Waals surface area contributed by atoms with Crippen LogP contribution in [0.1, 0.15) is 12.6 Å². The summed E-state index contributed by atoms with van der Waals surface area (Å²) in [4.78, 5) is 3.06. The molecule has 0 amide bonds. The zero-order valence-electron chi connectivity index (χ0n) is 8.19. The molecular weight excluding hydrogens is 196 g/mol. The minimum Gasteiger partial charge on any atom is -0.334 e. The summed E-state index contributed by atoms with van der Waals surface area (Å²) in [6, 6.07) is 1.95. The number of hydrogen-bond acceptors (Lipinski definition) is 2. The predicted molar refractivity (Wildman–Crippen MR) is 57.1 cm³/mol. The highest BCUT2D eigenvalue weighted by Crippen LogP contribution is 2.06. The minimum absolute atomic E-state index is 0.684. The van der Waals surface area contributed by atoms with Gasteiger partial charge in [0.25, 0.3) is 0 Å².